The van der Waals surface area contributed by atoms with E-state index in [0.717, 1.165) is 63.5 Å². The Hall–Kier alpha value is -3.71. The number of benzene rings is 3. The van der Waals surface area contributed by atoms with Gasteiger partial charge in [-0.05, 0) is 74.4 Å². The van der Waals surface area contributed by atoms with Gasteiger partial charge in [0.15, 0.2) is 5.16 Å². The van der Waals surface area contributed by atoms with Gasteiger partial charge in [0.05, 0.1) is 31.6 Å². The van der Waals surface area contributed by atoms with Crippen LogP contribution in [-0.2, 0) is 11.3 Å². The van der Waals surface area contributed by atoms with Crippen LogP contribution in [0.2, 0.25) is 0 Å². The first-order valence-electron chi connectivity index (χ1n) is 12.9. The number of methoxy groups -OCH3 is 2. The molecule has 0 spiro atoms. The Bertz CT molecular complexity index is 1320. The number of nitrogens with zero attached hydrogens (tertiary/aromatic N) is 2. The van der Waals surface area contributed by atoms with E-state index in [9.17, 15) is 4.79 Å². The number of thioether (sulfide) groups is 1. The lowest BCUT2D eigenvalue weighted by Crippen LogP contribution is -2.26. The van der Waals surface area contributed by atoms with E-state index in [2.05, 4.69) is 28.9 Å². The summed E-state index contributed by atoms with van der Waals surface area (Å²) in [6.07, 6.45) is 1.25. The van der Waals surface area contributed by atoms with Gasteiger partial charge >= 0.3 is 0 Å². The Morgan fingerprint density at radius 1 is 0.921 bits per heavy atom. The van der Waals surface area contributed by atoms with E-state index in [1.165, 1.54) is 0 Å². The average molecular weight is 530 g/mol. The zero-order valence-corrected chi connectivity index (χ0v) is 23.3. The lowest BCUT2D eigenvalue weighted by atomic mass is 10.0. The topological polar surface area (TPSA) is 65.4 Å². The van der Waals surface area contributed by atoms with Gasteiger partial charge in [-0.15, -0.1) is 0 Å². The smallest absolute Gasteiger partial charge is 0.220 e. The van der Waals surface area contributed by atoms with Crippen molar-refractivity contribution in [3.05, 3.63) is 84.4 Å². The zero-order chi connectivity index (χ0) is 26.9. The lowest BCUT2D eigenvalue weighted by molar-refractivity contribution is -0.121. The Morgan fingerprint density at radius 3 is 2.11 bits per heavy atom. The highest BCUT2D eigenvalue weighted by atomic mass is 32.2. The van der Waals surface area contributed by atoms with Crippen LogP contribution in [0.15, 0.2) is 84.0 Å². The van der Waals surface area contributed by atoms with Gasteiger partial charge in [-0.1, -0.05) is 42.1 Å². The highest BCUT2D eigenvalue weighted by Gasteiger charge is 2.20. The summed E-state index contributed by atoms with van der Waals surface area (Å²) in [4.78, 5) is 17.6. The van der Waals surface area contributed by atoms with Gasteiger partial charge in [0, 0.05) is 29.8 Å². The van der Waals surface area contributed by atoms with Gasteiger partial charge in [-0.25, -0.2) is 4.98 Å². The van der Waals surface area contributed by atoms with Crippen molar-refractivity contribution in [3.8, 4) is 34.0 Å². The molecule has 38 heavy (non-hydrogen) atoms. The normalized spacial score (nSPS) is 11.7. The molecule has 7 heteroatoms. The summed E-state index contributed by atoms with van der Waals surface area (Å²) >= 11 is 1.69. The van der Waals surface area contributed by atoms with Crippen LogP contribution >= 0.6 is 11.8 Å². The number of amides is 1. The number of nitrogens with one attached hydrogen (secondary N) is 1. The first-order chi connectivity index (χ1) is 18.5. The van der Waals surface area contributed by atoms with E-state index >= 15 is 0 Å². The van der Waals surface area contributed by atoms with Crippen LogP contribution in [0.3, 0.4) is 0 Å². The second-order valence-electron chi connectivity index (χ2n) is 8.94. The molecule has 6 nitrogen and oxygen atoms in total. The molecule has 198 valence electrons. The van der Waals surface area contributed by atoms with Crippen molar-refractivity contribution in [2.24, 2.45) is 0 Å². The fourth-order valence-corrected chi connectivity index (χ4v) is 5.37. The molecule has 1 atom stereocenters. The molecule has 1 aromatic heterocycles. The monoisotopic (exact) mass is 529 g/mol. The number of hydrogen-bond acceptors (Lipinski definition) is 5. The van der Waals surface area contributed by atoms with Crippen molar-refractivity contribution in [2.45, 2.75) is 44.4 Å². The molecule has 1 unspecified atom stereocenters. The maximum Gasteiger partial charge on any atom is 0.220 e. The minimum absolute atomic E-state index is 0.00514. The minimum Gasteiger partial charge on any atom is -0.497 e. The molecular formula is C31H35N3O3S. The number of aromatic nitrogens is 2. The SMILES string of the molecule is CCn1c(SCCCC(=O)NC(C)c2ccccc2)nc(-c2ccc(OC)cc2)c1-c1ccc(OC)cc1. The highest BCUT2D eigenvalue weighted by Crippen LogP contribution is 2.37. The van der Waals surface area contributed by atoms with Crippen LogP contribution in [0.1, 0.15) is 38.3 Å². The maximum atomic E-state index is 12.5. The molecule has 0 aliphatic heterocycles. The molecule has 0 aliphatic rings. The number of hydrogen-bond donors (Lipinski definition) is 1. The molecular weight excluding hydrogens is 494 g/mol. The minimum atomic E-state index is -0.00514. The van der Waals surface area contributed by atoms with E-state index in [0.29, 0.717) is 6.42 Å². The molecule has 0 saturated heterocycles. The molecule has 0 fully saturated rings. The number of carbonyl (C=O) groups is 1. The van der Waals surface area contributed by atoms with Gasteiger partial charge in [0.25, 0.3) is 0 Å². The molecule has 0 radical (unpaired) electrons. The third-order valence-electron chi connectivity index (χ3n) is 6.43. The number of carbonyl (C=O) groups excluding carboxylic acids is 1. The third kappa shape index (κ3) is 6.58. The van der Waals surface area contributed by atoms with Gasteiger partial charge in [-0.3, -0.25) is 4.79 Å². The molecule has 4 aromatic rings. The zero-order valence-electron chi connectivity index (χ0n) is 22.4. The van der Waals surface area contributed by atoms with Gasteiger partial charge in [-0.2, -0.15) is 0 Å². The van der Waals surface area contributed by atoms with Crippen LogP contribution < -0.4 is 14.8 Å². The highest BCUT2D eigenvalue weighted by molar-refractivity contribution is 7.99. The molecule has 4 rings (SSSR count). The van der Waals surface area contributed by atoms with E-state index in [1.807, 2.05) is 73.7 Å². The maximum absolute atomic E-state index is 12.5. The average Bonchev–Trinajstić information content (AvgIpc) is 3.34. The van der Waals surface area contributed by atoms with Crippen LogP contribution in [0.25, 0.3) is 22.5 Å². The van der Waals surface area contributed by atoms with Crippen LogP contribution in [-0.4, -0.2) is 35.4 Å². The van der Waals surface area contributed by atoms with Crippen LogP contribution in [0, 0.1) is 0 Å². The number of ether oxygens (including phenoxy) is 2. The third-order valence-corrected chi connectivity index (χ3v) is 7.49. The van der Waals surface area contributed by atoms with E-state index in [1.54, 1.807) is 26.0 Å². The predicted molar refractivity (Wildman–Crippen MR) is 155 cm³/mol. The molecule has 1 N–H and O–H groups in total. The number of rotatable bonds is 12. The Balaban J connectivity index is 1.50. The number of imidazole rings is 1. The quantitative estimate of drug-likeness (QED) is 0.158. The van der Waals surface area contributed by atoms with Gasteiger partial charge in [0.1, 0.15) is 11.5 Å². The predicted octanol–water partition coefficient (Wildman–Crippen LogP) is 7.00. The van der Waals surface area contributed by atoms with Crippen LogP contribution in [0.5, 0.6) is 11.5 Å². The fourth-order valence-electron chi connectivity index (χ4n) is 4.36. The van der Waals surface area contributed by atoms with Crippen molar-refractivity contribution >= 4 is 17.7 Å². The summed E-state index contributed by atoms with van der Waals surface area (Å²) in [7, 11) is 3.34. The molecule has 3 aromatic carbocycles. The van der Waals surface area contributed by atoms with E-state index in [4.69, 9.17) is 14.5 Å². The fraction of sp³-hybridized carbons (Fsp3) is 0.290. The van der Waals surface area contributed by atoms with Crippen LogP contribution in [0.4, 0.5) is 0 Å². The van der Waals surface area contributed by atoms with Crippen molar-refractivity contribution in [1.29, 1.82) is 0 Å². The van der Waals surface area contributed by atoms with E-state index in [-0.39, 0.29) is 11.9 Å². The van der Waals surface area contributed by atoms with Gasteiger partial charge in [0.2, 0.25) is 5.91 Å². The second kappa shape index (κ2) is 13.2. The summed E-state index contributed by atoms with van der Waals surface area (Å²) in [5, 5.41) is 4.05. The van der Waals surface area contributed by atoms with Crippen molar-refractivity contribution < 1.29 is 14.3 Å². The van der Waals surface area contributed by atoms with Gasteiger partial charge < -0.3 is 19.4 Å². The second-order valence-corrected chi connectivity index (χ2v) is 10.0. The van der Waals surface area contributed by atoms with Crippen molar-refractivity contribution in [1.82, 2.24) is 14.9 Å². The molecule has 0 saturated carbocycles. The molecule has 1 amide bonds. The largest absolute Gasteiger partial charge is 0.497 e. The van der Waals surface area contributed by atoms with Crippen molar-refractivity contribution in [2.75, 3.05) is 20.0 Å². The summed E-state index contributed by atoms with van der Waals surface area (Å²) in [6, 6.07) is 26.1. The first-order valence-corrected chi connectivity index (χ1v) is 13.9. The summed E-state index contributed by atoms with van der Waals surface area (Å²) in [6.45, 7) is 4.93. The Morgan fingerprint density at radius 2 is 1.53 bits per heavy atom. The van der Waals surface area contributed by atoms with Crippen molar-refractivity contribution in [3.63, 3.8) is 0 Å². The molecule has 0 bridgehead atoms. The standard InChI is InChI=1S/C31H35N3O3S/c1-5-34-30(25-15-19-27(37-4)20-16-25)29(24-13-17-26(36-3)18-14-24)33-31(34)38-21-9-12-28(35)32-22(2)23-10-7-6-8-11-23/h6-8,10-11,13-20,22H,5,9,12,21H2,1-4H3,(H,32,35). The first kappa shape index (κ1) is 27.3. The Labute approximate surface area is 229 Å². The summed E-state index contributed by atoms with van der Waals surface area (Å²) < 4.78 is 13.0. The molecule has 0 aliphatic carbocycles. The summed E-state index contributed by atoms with van der Waals surface area (Å²) in [5.74, 6) is 2.49. The Kier molecular flexibility index (Phi) is 9.49. The van der Waals surface area contributed by atoms with E-state index < -0.39 is 0 Å². The lowest BCUT2D eigenvalue weighted by Gasteiger charge is -2.14. The molecule has 1 heterocycles. The summed E-state index contributed by atoms with van der Waals surface area (Å²) in [5.41, 5.74) is 5.21.